The minimum atomic E-state index is -0.0758. The Kier molecular flexibility index (Phi) is 4.71. The SMILES string of the molecule is COc1ccc(NC(=O)N2CCCC2c2cccs2)cc1OC. The zero-order valence-corrected chi connectivity index (χ0v) is 14.1. The van der Waals surface area contributed by atoms with Crippen LogP contribution in [0.25, 0.3) is 0 Å². The van der Waals surface area contributed by atoms with Crippen LogP contribution in [-0.4, -0.2) is 31.7 Å². The minimum absolute atomic E-state index is 0.0758. The lowest BCUT2D eigenvalue weighted by molar-refractivity contribution is 0.208. The fourth-order valence-electron chi connectivity index (χ4n) is 2.90. The largest absolute Gasteiger partial charge is 0.493 e. The highest BCUT2D eigenvalue weighted by atomic mass is 32.1. The summed E-state index contributed by atoms with van der Waals surface area (Å²) in [4.78, 5) is 15.8. The number of benzene rings is 1. The Labute approximate surface area is 139 Å². The van der Waals surface area contributed by atoms with E-state index in [2.05, 4.69) is 16.8 Å². The molecular weight excluding hydrogens is 312 g/mol. The van der Waals surface area contributed by atoms with Crippen LogP contribution in [-0.2, 0) is 0 Å². The standard InChI is InChI=1S/C17H20N2O3S/c1-21-14-8-7-12(11-15(14)22-2)18-17(20)19-9-3-5-13(19)16-6-4-10-23-16/h4,6-8,10-11,13H,3,5,9H2,1-2H3,(H,18,20). The van der Waals surface area contributed by atoms with Crippen molar-refractivity contribution in [2.45, 2.75) is 18.9 Å². The Bertz CT molecular complexity index is 672. The molecule has 1 N–H and O–H groups in total. The van der Waals surface area contributed by atoms with E-state index < -0.39 is 0 Å². The predicted octanol–water partition coefficient (Wildman–Crippen LogP) is 4.13. The van der Waals surface area contributed by atoms with E-state index in [1.165, 1.54) is 4.88 Å². The number of thiophene rings is 1. The maximum Gasteiger partial charge on any atom is 0.322 e. The molecule has 1 atom stereocenters. The van der Waals surface area contributed by atoms with Gasteiger partial charge in [0, 0.05) is 23.2 Å². The van der Waals surface area contributed by atoms with Gasteiger partial charge in [0.15, 0.2) is 11.5 Å². The fraction of sp³-hybridized carbons (Fsp3) is 0.353. The second kappa shape index (κ2) is 6.91. The summed E-state index contributed by atoms with van der Waals surface area (Å²) in [6.07, 6.45) is 2.04. The summed E-state index contributed by atoms with van der Waals surface area (Å²) in [5, 5.41) is 5.01. The molecule has 1 saturated heterocycles. The van der Waals surface area contributed by atoms with Gasteiger partial charge in [0.1, 0.15) is 0 Å². The number of nitrogens with one attached hydrogen (secondary N) is 1. The molecule has 0 bridgehead atoms. The summed E-state index contributed by atoms with van der Waals surface area (Å²) >= 11 is 1.70. The van der Waals surface area contributed by atoms with Gasteiger partial charge in [-0.25, -0.2) is 4.79 Å². The van der Waals surface area contributed by atoms with Crippen LogP contribution in [0, 0.1) is 0 Å². The smallest absolute Gasteiger partial charge is 0.322 e. The van der Waals surface area contributed by atoms with Gasteiger partial charge in [-0.05, 0) is 36.4 Å². The number of carbonyl (C=O) groups excluding carboxylic acids is 1. The van der Waals surface area contributed by atoms with E-state index in [9.17, 15) is 4.79 Å². The normalized spacial score (nSPS) is 17.1. The molecule has 1 aliphatic heterocycles. The molecule has 1 aromatic carbocycles. The number of urea groups is 1. The third kappa shape index (κ3) is 3.27. The lowest BCUT2D eigenvalue weighted by Gasteiger charge is -2.24. The number of methoxy groups -OCH3 is 2. The molecule has 1 aromatic heterocycles. The second-order valence-corrected chi connectivity index (χ2v) is 6.35. The van der Waals surface area contributed by atoms with Gasteiger partial charge in [-0.1, -0.05) is 6.07 Å². The highest BCUT2D eigenvalue weighted by Gasteiger charge is 2.30. The summed E-state index contributed by atoms with van der Waals surface area (Å²) in [5.41, 5.74) is 0.699. The Morgan fingerprint density at radius 2 is 2.09 bits per heavy atom. The highest BCUT2D eigenvalue weighted by Crippen LogP contribution is 2.35. The van der Waals surface area contributed by atoms with E-state index in [0.29, 0.717) is 17.2 Å². The van der Waals surface area contributed by atoms with Gasteiger partial charge in [-0.15, -0.1) is 11.3 Å². The van der Waals surface area contributed by atoms with Crippen LogP contribution in [0.3, 0.4) is 0 Å². The number of rotatable bonds is 4. The molecule has 6 heteroatoms. The van der Waals surface area contributed by atoms with Crippen molar-refractivity contribution >= 4 is 23.1 Å². The molecule has 5 nitrogen and oxygen atoms in total. The molecule has 0 radical (unpaired) electrons. The van der Waals surface area contributed by atoms with Gasteiger partial charge in [-0.3, -0.25) is 0 Å². The van der Waals surface area contributed by atoms with E-state index in [-0.39, 0.29) is 12.1 Å². The van der Waals surface area contributed by atoms with Crippen molar-refractivity contribution in [2.24, 2.45) is 0 Å². The molecule has 1 aliphatic rings. The van der Waals surface area contributed by atoms with E-state index in [1.807, 2.05) is 17.0 Å². The molecule has 2 aromatic rings. The Morgan fingerprint density at radius 3 is 2.78 bits per heavy atom. The molecule has 2 heterocycles. The molecule has 23 heavy (non-hydrogen) atoms. The van der Waals surface area contributed by atoms with Crippen LogP contribution in [0.4, 0.5) is 10.5 Å². The number of hydrogen-bond acceptors (Lipinski definition) is 4. The first kappa shape index (κ1) is 15.7. The van der Waals surface area contributed by atoms with Crippen molar-refractivity contribution in [3.05, 3.63) is 40.6 Å². The molecule has 1 fully saturated rings. The first-order chi connectivity index (χ1) is 11.2. The third-order valence-corrected chi connectivity index (χ3v) is 4.99. The zero-order chi connectivity index (χ0) is 16.2. The molecule has 0 spiro atoms. The van der Waals surface area contributed by atoms with Gasteiger partial charge in [-0.2, -0.15) is 0 Å². The molecule has 1 unspecified atom stereocenters. The number of carbonyl (C=O) groups is 1. The fourth-order valence-corrected chi connectivity index (χ4v) is 3.77. The molecular formula is C17H20N2O3S. The predicted molar refractivity (Wildman–Crippen MR) is 91.6 cm³/mol. The lowest BCUT2D eigenvalue weighted by Crippen LogP contribution is -2.34. The Balaban J connectivity index is 1.74. The topological polar surface area (TPSA) is 50.8 Å². The number of anilines is 1. The van der Waals surface area contributed by atoms with Gasteiger partial charge < -0.3 is 19.7 Å². The van der Waals surface area contributed by atoms with Gasteiger partial charge in [0.25, 0.3) is 0 Å². The molecule has 122 valence electrons. The summed E-state index contributed by atoms with van der Waals surface area (Å²) in [5.74, 6) is 1.24. The molecule has 2 amide bonds. The average molecular weight is 332 g/mol. The van der Waals surface area contributed by atoms with Gasteiger partial charge in [0.05, 0.1) is 20.3 Å². The molecule has 0 aliphatic carbocycles. The number of hydrogen-bond donors (Lipinski definition) is 1. The first-order valence-corrected chi connectivity index (χ1v) is 8.44. The van der Waals surface area contributed by atoms with E-state index in [1.54, 1.807) is 37.7 Å². The van der Waals surface area contributed by atoms with Crippen LogP contribution in [0.1, 0.15) is 23.8 Å². The number of amides is 2. The van der Waals surface area contributed by atoms with Crippen LogP contribution >= 0.6 is 11.3 Å². The van der Waals surface area contributed by atoms with Crippen LogP contribution in [0.15, 0.2) is 35.7 Å². The monoisotopic (exact) mass is 332 g/mol. The second-order valence-electron chi connectivity index (χ2n) is 5.37. The minimum Gasteiger partial charge on any atom is -0.493 e. The quantitative estimate of drug-likeness (QED) is 0.916. The molecule has 3 rings (SSSR count). The summed E-state index contributed by atoms with van der Waals surface area (Å²) in [7, 11) is 3.17. The number of likely N-dealkylation sites (tertiary alicyclic amines) is 1. The summed E-state index contributed by atoms with van der Waals surface area (Å²) in [6.45, 7) is 0.779. The average Bonchev–Trinajstić information content (AvgIpc) is 3.25. The van der Waals surface area contributed by atoms with Crippen molar-refractivity contribution in [3.63, 3.8) is 0 Å². The van der Waals surface area contributed by atoms with Crippen molar-refractivity contribution in [1.82, 2.24) is 4.90 Å². The number of nitrogens with zero attached hydrogens (tertiary/aromatic N) is 1. The Morgan fingerprint density at radius 1 is 1.26 bits per heavy atom. The summed E-state index contributed by atoms with van der Waals surface area (Å²) < 4.78 is 10.5. The van der Waals surface area contributed by atoms with Crippen LogP contribution in [0.5, 0.6) is 11.5 Å². The summed E-state index contributed by atoms with van der Waals surface area (Å²) in [6, 6.07) is 9.60. The zero-order valence-electron chi connectivity index (χ0n) is 13.2. The van der Waals surface area contributed by atoms with E-state index in [4.69, 9.17) is 9.47 Å². The van der Waals surface area contributed by atoms with Crippen LogP contribution in [0.2, 0.25) is 0 Å². The molecule has 0 saturated carbocycles. The lowest BCUT2D eigenvalue weighted by atomic mass is 10.2. The van der Waals surface area contributed by atoms with Crippen LogP contribution < -0.4 is 14.8 Å². The van der Waals surface area contributed by atoms with Crippen molar-refractivity contribution in [3.8, 4) is 11.5 Å². The number of ether oxygens (including phenoxy) is 2. The van der Waals surface area contributed by atoms with Crippen molar-refractivity contribution in [1.29, 1.82) is 0 Å². The highest BCUT2D eigenvalue weighted by molar-refractivity contribution is 7.10. The third-order valence-electron chi connectivity index (χ3n) is 4.02. The maximum absolute atomic E-state index is 12.6. The van der Waals surface area contributed by atoms with E-state index in [0.717, 1.165) is 19.4 Å². The van der Waals surface area contributed by atoms with Crippen molar-refractivity contribution < 1.29 is 14.3 Å². The first-order valence-electron chi connectivity index (χ1n) is 7.56. The van der Waals surface area contributed by atoms with E-state index >= 15 is 0 Å². The van der Waals surface area contributed by atoms with Gasteiger partial charge >= 0.3 is 6.03 Å². The maximum atomic E-state index is 12.6. The Hall–Kier alpha value is -2.21. The van der Waals surface area contributed by atoms with Crippen molar-refractivity contribution in [2.75, 3.05) is 26.1 Å². The van der Waals surface area contributed by atoms with Gasteiger partial charge in [0.2, 0.25) is 0 Å².